The van der Waals surface area contributed by atoms with Gasteiger partial charge in [-0.25, -0.2) is 0 Å². The van der Waals surface area contributed by atoms with E-state index in [1.54, 1.807) is 0 Å². The number of hydrazine groups is 1. The van der Waals surface area contributed by atoms with Crippen LogP contribution in [0.2, 0.25) is 0 Å². The van der Waals surface area contributed by atoms with Gasteiger partial charge in [0.05, 0.1) is 0 Å². The van der Waals surface area contributed by atoms with Gasteiger partial charge in [0.2, 0.25) is 0 Å². The van der Waals surface area contributed by atoms with Crippen LogP contribution in [0.4, 0.5) is 0 Å². The van der Waals surface area contributed by atoms with E-state index < -0.39 is 0 Å². The summed E-state index contributed by atoms with van der Waals surface area (Å²) in [6, 6.07) is 13.4. The van der Waals surface area contributed by atoms with Gasteiger partial charge in [0.25, 0.3) is 0 Å². The van der Waals surface area contributed by atoms with Crippen molar-refractivity contribution in [3.05, 3.63) is 57.8 Å². The van der Waals surface area contributed by atoms with Crippen LogP contribution >= 0.6 is 11.3 Å². The van der Waals surface area contributed by atoms with Crippen LogP contribution in [0.5, 0.6) is 0 Å². The van der Waals surface area contributed by atoms with Crippen molar-refractivity contribution in [1.82, 2.24) is 5.43 Å². The molecule has 0 spiro atoms. The molecule has 0 aliphatic rings. The Morgan fingerprint density at radius 3 is 2.80 bits per heavy atom. The molecule has 2 nitrogen and oxygen atoms in total. The summed E-state index contributed by atoms with van der Waals surface area (Å²) in [6.45, 7) is 2.21. The SMILES string of the molecule is CCCc1cccc(C(CCCc2cccs2)NN)c1. The van der Waals surface area contributed by atoms with Gasteiger partial charge in [-0.05, 0) is 48.3 Å². The van der Waals surface area contributed by atoms with Gasteiger partial charge in [-0.1, -0.05) is 43.7 Å². The maximum atomic E-state index is 5.74. The van der Waals surface area contributed by atoms with Crippen LogP contribution in [0.1, 0.15) is 48.2 Å². The van der Waals surface area contributed by atoms with Crippen molar-refractivity contribution in [3.8, 4) is 0 Å². The van der Waals surface area contributed by atoms with Crippen LogP contribution in [-0.2, 0) is 12.8 Å². The standard InChI is InChI=1S/C17H24N2S/c1-2-6-14-7-3-8-15(13-14)17(19-18)11-4-9-16-10-5-12-20-16/h3,5,7-8,10,12-13,17,19H,2,4,6,9,11,18H2,1H3. The lowest BCUT2D eigenvalue weighted by molar-refractivity contribution is 0.499. The van der Waals surface area contributed by atoms with Crippen LogP contribution < -0.4 is 11.3 Å². The Morgan fingerprint density at radius 1 is 1.20 bits per heavy atom. The maximum absolute atomic E-state index is 5.74. The van der Waals surface area contributed by atoms with Gasteiger partial charge >= 0.3 is 0 Å². The van der Waals surface area contributed by atoms with Gasteiger partial charge in [0, 0.05) is 10.9 Å². The Balaban J connectivity index is 1.91. The Hall–Kier alpha value is -1.16. The van der Waals surface area contributed by atoms with E-state index in [2.05, 4.69) is 54.1 Å². The average Bonchev–Trinajstić information content (AvgIpc) is 2.97. The number of benzene rings is 1. The predicted molar refractivity (Wildman–Crippen MR) is 87.8 cm³/mol. The molecule has 1 unspecified atom stereocenters. The summed E-state index contributed by atoms with van der Waals surface area (Å²) < 4.78 is 0. The third-order valence-corrected chi connectivity index (χ3v) is 4.53. The molecule has 2 aromatic rings. The largest absolute Gasteiger partial charge is 0.271 e. The lowest BCUT2D eigenvalue weighted by Crippen LogP contribution is -2.28. The highest BCUT2D eigenvalue weighted by Gasteiger charge is 2.10. The number of nitrogens with two attached hydrogens (primary N) is 1. The minimum absolute atomic E-state index is 0.256. The third-order valence-electron chi connectivity index (χ3n) is 3.59. The van der Waals surface area contributed by atoms with Gasteiger partial charge in [-0.2, -0.15) is 0 Å². The molecule has 0 aliphatic heterocycles. The molecule has 1 atom stereocenters. The predicted octanol–water partition coefficient (Wildman–Crippen LogP) is 4.23. The summed E-state index contributed by atoms with van der Waals surface area (Å²) in [4.78, 5) is 1.46. The fraction of sp³-hybridized carbons (Fsp3) is 0.412. The van der Waals surface area contributed by atoms with Crippen LogP contribution in [0.15, 0.2) is 41.8 Å². The Labute approximate surface area is 126 Å². The zero-order valence-corrected chi connectivity index (χ0v) is 13.0. The van der Waals surface area contributed by atoms with E-state index in [1.165, 1.54) is 22.4 Å². The minimum Gasteiger partial charge on any atom is -0.271 e. The second kappa shape index (κ2) is 8.20. The first kappa shape index (κ1) is 15.2. The van der Waals surface area contributed by atoms with E-state index in [1.807, 2.05) is 11.3 Å². The molecule has 3 N–H and O–H groups in total. The van der Waals surface area contributed by atoms with E-state index >= 15 is 0 Å². The molecule has 1 heterocycles. The molecule has 3 heteroatoms. The minimum atomic E-state index is 0.256. The van der Waals surface area contributed by atoms with E-state index in [4.69, 9.17) is 5.84 Å². The molecule has 0 radical (unpaired) electrons. The van der Waals surface area contributed by atoms with Crippen LogP contribution in [-0.4, -0.2) is 0 Å². The first-order chi connectivity index (χ1) is 9.83. The molecule has 2 rings (SSSR count). The Morgan fingerprint density at radius 2 is 2.10 bits per heavy atom. The fourth-order valence-electron chi connectivity index (χ4n) is 2.54. The van der Waals surface area contributed by atoms with Crippen molar-refractivity contribution in [3.63, 3.8) is 0 Å². The number of hydrogen-bond donors (Lipinski definition) is 2. The molecule has 108 valence electrons. The number of hydrogen-bond acceptors (Lipinski definition) is 3. The van der Waals surface area contributed by atoms with Gasteiger partial charge in [-0.15, -0.1) is 11.3 Å². The lowest BCUT2D eigenvalue weighted by Gasteiger charge is -2.17. The number of nitrogens with one attached hydrogen (secondary N) is 1. The van der Waals surface area contributed by atoms with E-state index in [9.17, 15) is 0 Å². The van der Waals surface area contributed by atoms with Crippen LogP contribution in [0, 0.1) is 0 Å². The topological polar surface area (TPSA) is 38.0 Å². The smallest absolute Gasteiger partial charge is 0.0460 e. The molecular formula is C17H24N2S. The van der Waals surface area contributed by atoms with Crippen molar-refractivity contribution < 1.29 is 0 Å². The number of thiophene rings is 1. The summed E-state index contributed by atoms with van der Waals surface area (Å²) in [5, 5.41) is 2.14. The molecular weight excluding hydrogens is 264 g/mol. The highest BCUT2D eigenvalue weighted by molar-refractivity contribution is 7.09. The molecule has 1 aromatic heterocycles. The van der Waals surface area contributed by atoms with E-state index in [-0.39, 0.29) is 6.04 Å². The summed E-state index contributed by atoms with van der Waals surface area (Å²) in [5.41, 5.74) is 5.69. The maximum Gasteiger partial charge on any atom is 0.0460 e. The average molecular weight is 288 g/mol. The fourth-order valence-corrected chi connectivity index (χ4v) is 3.29. The Bertz CT molecular complexity index is 493. The van der Waals surface area contributed by atoms with E-state index in [0.717, 1.165) is 25.7 Å². The molecule has 0 aliphatic carbocycles. The molecule has 0 amide bonds. The quantitative estimate of drug-likeness (QED) is 0.563. The molecule has 0 bridgehead atoms. The first-order valence-electron chi connectivity index (χ1n) is 7.41. The van der Waals surface area contributed by atoms with Crippen molar-refractivity contribution >= 4 is 11.3 Å². The van der Waals surface area contributed by atoms with Crippen LogP contribution in [0.25, 0.3) is 0 Å². The summed E-state index contributed by atoms with van der Waals surface area (Å²) >= 11 is 1.84. The van der Waals surface area contributed by atoms with E-state index in [0.29, 0.717) is 0 Å². The van der Waals surface area contributed by atoms with Gasteiger partial charge in [0.1, 0.15) is 0 Å². The number of rotatable bonds is 8. The van der Waals surface area contributed by atoms with Gasteiger partial charge < -0.3 is 0 Å². The van der Waals surface area contributed by atoms with Crippen molar-refractivity contribution in [2.24, 2.45) is 5.84 Å². The normalized spacial score (nSPS) is 12.5. The molecule has 1 aromatic carbocycles. The molecule has 20 heavy (non-hydrogen) atoms. The third kappa shape index (κ3) is 4.44. The van der Waals surface area contributed by atoms with Crippen LogP contribution in [0.3, 0.4) is 0 Å². The Kier molecular flexibility index (Phi) is 6.25. The number of aryl methyl sites for hydroxylation is 2. The van der Waals surface area contributed by atoms with Gasteiger partial charge in [0.15, 0.2) is 0 Å². The zero-order valence-electron chi connectivity index (χ0n) is 12.1. The summed E-state index contributed by atoms with van der Waals surface area (Å²) in [7, 11) is 0. The molecule has 0 saturated heterocycles. The highest BCUT2D eigenvalue weighted by Crippen LogP contribution is 2.21. The summed E-state index contributed by atoms with van der Waals surface area (Å²) in [5.74, 6) is 5.74. The van der Waals surface area contributed by atoms with Gasteiger partial charge in [-0.3, -0.25) is 11.3 Å². The highest BCUT2D eigenvalue weighted by atomic mass is 32.1. The monoisotopic (exact) mass is 288 g/mol. The summed E-state index contributed by atoms with van der Waals surface area (Å²) in [6.07, 6.45) is 5.70. The van der Waals surface area contributed by atoms with Crippen molar-refractivity contribution in [1.29, 1.82) is 0 Å². The second-order valence-electron chi connectivity index (χ2n) is 5.19. The van der Waals surface area contributed by atoms with Crippen molar-refractivity contribution in [2.75, 3.05) is 0 Å². The first-order valence-corrected chi connectivity index (χ1v) is 8.28. The molecule has 0 fully saturated rings. The van der Waals surface area contributed by atoms with Crippen molar-refractivity contribution in [2.45, 2.75) is 45.1 Å². The molecule has 0 saturated carbocycles. The second-order valence-corrected chi connectivity index (χ2v) is 6.22. The zero-order chi connectivity index (χ0) is 14.2. The lowest BCUT2D eigenvalue weighted by atomic mass is 9.98.